The molecule has 3 rings (SSSR count). The number of anilines is 1. The van der Waals surface area contributed by atoms with Crippen molar-refractivity contribution in [2.45, 2.75) is 13.0 Å². The third-order valence-electron chi connectivity index (χ3n) is 4.42. The van der Waals surface area contributed by atoms with Crippen molar-refractivity contribution < 1.29 is 19.1 Å². The molecule has 3 amide bonds. The molecular weight excluding hydrogens is 368 g/mol. The fraction of sp³-hybridized carbons (Fsp3) is 0.333. The zero-order valence-corrected chi connectivity index (χ0v) is 15.8. The molecule has 0 unspecified atom stereocenters. The number of morpholine rings is 1. The van der Waals surface area contributed by atoms with Gasteiger partial charge in [-0.2, -0.15) is 0 Å². The highest BCUT2D eigenvalue weighted by Crippen LogP contribution is 2.41. The third kappa shape index (κ3) is 4.76. The first kappa shape index (κ1) is 19.2. The number of nitrogens with two attached hydrogens (primary N) is 2. The number of hydrogen-bond donors (Lipinski definition) is 3. The lowest BCUT2D eigenvalue weighted by Crippen LogP contribution is -2.37. The molecule has 0 aliphatic carbocycles. The van der Waals surface area contributed by atoms with Gasteiger partial charge in [0, 0.05) is 30.1 Å². The molecule has 1 aromatic heterocycles. The Labute approximate surface area is 161 Å². The summed E-state index contributed by atoms with van der Waals surface area (Å²) >= 11 is 1.25. The van der Waals surface area contributed by atoms with Gasteiger partial charge in [-0.25, -0.2) is 9.59 Å². The second kappa shape index (κ2) is 8.38. The Morgan fingerprint density at radius 3 is 2.48 bits per heavy atom. The average Bonchev–Trinajstić information content (AvgIpc) is 3.03. The summed E-state index contributed by atoms with van der Waals surface area (Å²) in [6.45, 7) is 5.54. The second-order valence-electron chi connectivity index (χ2n) is 6.16. The van der Waals surface area contributed by atoms with E-state index in [0.717, 1.165) is 36.7 Å². The Morgan fingerprint density at radius 2 is 1.89 bits per heavy atom. The van der Waals surface area contributed by atoms with Crippen molar-refractivity contribution in [2.24, 2.45) is 11.5 Å². The normalized spacial score (nSPS) is 15.9. The number of carbonyl (C=O) groups is 2. The molecule has 1 aliphatic heterocycles. The Balaban J connectivity index is 1.80. The van der Waals surface area contributed by atoms with Gasteiger partial charge in [0.05, 0.1) is 13.2 Å². The number of nitrogens with zero attached hydrogens (tertiary/aromatic N) is 1. The number of nitrogens with one attached hydrogen (secondary N) is 1. The molecule has 1 atom stereocenters. The number of benzene rings is 1. The molecule has 1 aromatic carbocycles. The maximum atomic E-state index is 11.2. The highest BCUT2D eigenvalue weighted by Gasteiger charge is 2.19. The van der Waals surface area contributed by atoms with Crippen molar-refractivity contribution in [3.05, 3.63) is 35.9 Å². The minimum absolute atomic E-state index is 0.173. The highest BCUT2D eigenvalue weighted by molar-refractivity contribution is 7.20. The SMILES string of the molecule is C[C@@H](c1ccc(-c2cc(OC(N)=O)c(NC(N)=O)s2)cc1)N1CCOCC1. The minimum atomic E-state index is -0.957. The van der Waals surface area contributed by atoms with Gasteiger partial charge in [0.2, 0.25) is 0 Å². The highest BCUT2D eigenvalue weighted by atomic mass is 32.1. The quantitative estimate of drug-likeness (QED) is 0.725. The van der Waals surface area contributed by atoms with Crippen LogP contribution in [0.2, 0.25) is 0 Å². The van der Waals surface area contributed by atoms with Crippen LogP contribution in [0.3, 0.4) is 0 Å². The van der Waals surface area contributed by atoms with Gasteiger partial charge < -0.3 is 20.9 Å². The van der Waals surface area contributed by atoms with Crippen LogP contribution in [0, 0.1) is 0 Å². The predicted octanol–water partition coefficient (Wildman–Crippen LogP) is 2.76. The van der Waals surface area contributed by atoms with Gasteiger partial charge in [0.1, 0.15) is 5.00 Å². The van der Waals surface area contributed by atoms with Gasteiger partial charge in [-0.15, -0.1) is 11.3 Å². The zero-order chi connectivity index (χ0) is 19.4. The molecule has 0 saturated carbocycles. The van der Waals surface area contributed by atoms with E-state index in [-0.39, 0.29) is 5.75 Å². The summed E-state index contributed by atoms with van der Waals surface area (Å²) in [5, 5.41) is 2.78. The summed E-state index contributed by atoms with van der Waals surface area (Å²) in [6, 6.07) is 9.36. The molecular formula is C18H22N4O4S. The second-order valence-corrected chi connectivity index (χ2v) is 7.21. The summed E-state index contributed by atoms with van der Waals surface area (Å²) in [4.78, 5) is 25.4. The first-order valence-electron chi connectivity index (χ1n) is 8.53. The van der Waals surface area contributed by atoms with Crippen molar-refractivity contribution in [3.63, 3.8) is 0 Å². The number of carbonyl (C=O) groups excluding carboxylic acids is 2. The van der Waals surface area contributed by atoms with Gasteiger partial charge >= 0.3 is 12.1 Å². The largest absolute Gasteiger partial charge is 0.410 e. The number of ether oxygens (including phenoxy) is 2. The van der Waals surface area contributed by atoms with Crippen molar-refractivity contribution in [1.29, 1.82) is 0 Å². The van der Waals surface area contributed by atoms with Crippen LogP contribution in [0.1, 0.15) is 18.5 Å². The number of rotatable bonds is 5. The van der Waals surface area contributed by atoms with E-state index in [1.807, 2.05) is 12.1 Å². The molecule has 2 aromatic rings. The Kier molecular flexibility index (Phi) is 5.94. The van der Waals surface area contributed by atoms with E-state index >= 15 is 0 Å². The summed E-state index contributed by atoms with van der Waals surface area (Å²) in [5.74, 6) is 0.173. The van der Waals surface area contributed by atoms with Crippen LogP contribution < -0.4 is 21.5 Å². The Morgan fingerprint density at radius 1 is 1.22 bits per heavy atom. The lowest BCUT2D eigenvalue weighted by Gasteiger charge is -2.32. The lowest BCUT2D eigenvalue weighted by atomic mass is 10.0. The molecule has 1 fully saturated rings. The average molecular weight is 390 g/mol. The molecule has 0 radical (unpaired) electrons. The third-order valence-corrected chi connectivity index (χ3v) is 5.50. The van der Waals surface area contributed by atoms with Gasteiger partial charge in [-0.3, -0.25) is 10.2 Å². The van der Waals surface area contributed by atoms with Gasteiger partial charge in [0.25, 0.3) is 0 Å². The Bertz CT molecular complexity index is 782. The molecule has 0 bridgehead atoms. The van der Waals surface area contributed by atoms with Crippen molar-refractivity contribution >= 4 is 28.5 Å². The van der Waals surface area contributed by atoms with E-state index < -0.39 is 12.1 Å². The summed E-state index contributed by atoms with van der Waals surface area (Å²) in [7, 11) is 0. The van der Waals surface area contributed by atoms with Crippen LogP contribution in [0.15, 0.2) is 30.3 Å². The molecule has 1 saturated heterocycles. The molecule has 8 nitrogen and oxygen atoms in total. The fourth-order valence-corrected chi connectivity index (χ4v) is 3.99. The van der Waals surface area contributed by atoms with Crippen LogP contribution in [-0.2, 0) is 4.74 Å². The van der Waals surface area contributed by atoms with Gasteiger partial charge in [-0.1, -0.05) is 24.3 Å². The predicted molar refractivity (Wildman–Crippen MR) is 104 cm³/mol. The van der Waals surface area contributed by atoms with Crippen LogP contribution in [0.25, 0.3) is 10.4 Å². The van der Waals surface area contributed by atoms with E-state index in [9.17, 15) is 9.59 Å². The van der Waals surface area contributed by atoms with E-state index in [0.29, 0.717) is 11.0 Å². The molecule has 0 spiro atoms. The minimum Gasteiger partial charge on any atom is -0.407 e. The number of amides is 3. The van der Waals surface area contributed by atoms with Crippen molar-refractivity contribution in [1.82, 2.24) is 4.90 Å². The maximum absolute atomic E-state index is 11.2. The monoisotopic (exact) mass is 390 g/mol. The molecule has 27 heavy (non-hydrogen) atoms. The maximum Gasteiger partial charge on any atom is 0.410 e. The topological polar surface area (TPSA) is 120 Å². The number of urea groups is 1. The summed E-state index contributed by atoms with van der Waals surface area (Å²) in [5.41, 5.74) is 12.4. The molecule has 144 valence electrons. The van der Waals surface area contributed by atoms with Crippen LogP contribution in [-0.4, -0.2) is 43.3 Å². The van der Waals surface area contributed by atoms with Gasteiger partial charge in [0.15, 0.2) is 5.75 Å². The van der Waals surface area contributed by atoms with Crippen LogP contribution in [0.5, 0.6) is 5.75 Å². The van der Waals surface area contributed by atoms with Gasteiger partial charge in [-0.05, 0) is 18.1 Å². The van der Waals surface area contributed by atoms with E-state index in [1.165, 1.54) is 16.9 Å². The van der Waals surface area contributed by atoms with E-state index in [2.05, 4.69) is 29.3 Å². The van der Waals surface area contributed by atoms with Crippen molar-refractivity contribution in [2.75, 3.05) is 31.6 Å². The molecule has 2 heterocycles. The molecule has 1 aliphatic rings. The summed E-state index contributed by atoms with van der Waals surface area (Å²) < 4.78 is 10.4. The number of thiophene rings is 1. The fourth-order valence-electron chi connectivity index (χ4n) is 3.00. The standard InChI is InChI=1S/C18H22N4O4S/c1-11(22-6-8-25-9-7-22)12-2-4-13(5-3-12)15-10-14(26-18(20)24)16(27-15)21-17(19)23/h2-5,10-11H,6-9H2,1H3,(H2,20,24)(H3,19,21,23)/t11-/m0/s1. The Hall–Kier alpha value is -2.62. The number of hydrogen-bond acceptors (Lipinski definition) is 6. The van der Waals surface area contributed by atoms with Crippen LogP contribution >= 0.6 is 11.3 Å². The van der Waals surface area contributed by atoms with E-state index in [4.69, 9.17) is 20.9 Å². The van der Waals surface area contributed by atoms with E-state index in [1.54, 1.807) is 6.07 Å². The lowest BCUT2D eigenvalue weighted by molar-refractivity contribution is 0.0198. The summed E-state index contributed by atoms with van der Waals surface area (Å²) in [6.07, 6.45) is -0.957. The molecule has 5 N–H and O–H groups in total. The smallest absolute Gasteiger partial charge is 0.407 e. The first-order valence-corrected chi connectivity index (χ1v) is 9.35. The molecule has 9 heteroatoms. The van der Waals surface area contributed by atoms with Crippen molar-refractivity contribution in [3.8, 4) is 16.2 Å². The zero-order valence-electron chi connectivity index (χ0n) is 14.9. The first-order chi connectivity index (χ1) is 12.9. The van der Waals surface area contributed by atoms with Crippen LogP contribution in [0.4, 0.5) is 14.6 Å². The number of primary amides is 2.